The minimum absolute atomic E-state index is 0.0228. The molecular weight excluding hydrogens is 544 g/mol. The van der Waals surface area contributed by atoms with Crippen molar-refractivity contribution in [3.05, 3.63) is 0 Å². The van der Waals surface area contributed by atoms with Crippen LogP contribution < -0.4 is 0 Å². The van der Waals surface area contributed by atoms with Gasteiger partial charge in [0, 0.05) is 12.3 Å². The second kappa shape index (κ2) is 12.8. The average molecular weight is 584 g/mol. The van der Waals surface area contributed by atoms with Crippen LogP contribution in [-0.2, 0) is 23.8 Å². The fourth-order valence-electron chi connectivity index (χ4n) is 6.24. The number of ether oxygens (including phenoxy) is 4. The van der Waals surface area contributed by atoms with Gasteiger partial charge in [0.15, 0.2) is 18.5 Å². The molecule has 4 fully saturated rings. The largest absolute Gasteiger partial charge is 0.481 e. The maximum Gasteiger partial charge on any atom is 0.317 e. The lowest BCUT2D eigenvalue weighted by Crippen LogP contribution is -2.65. The summed E-state index contributed by atoms with van der Waals surface area (Å²) in [6.07, 6.45) is -19.6. The Labute approximate surface area is 228 Å². The molecule has 0 aromatic heterocycles. The Bertz CT molecular complexity index is 877. The van der Waals surface area contributed by atoms with Crippen LogP contribution in [0.4, 0.5) is 0 Å². The number of carbonyl (C=O) groups excluding carboxylic acids is 1. The number of aliphatic hydroxyl groups excluding tert-OH is 9. The summed E-state index contributed by atoms with van der Waals surface area (Å²) in [5.41, 5.74) is 0. The molecule has 0 aromatic rings. The number of rotatable bonds is 7. The first kappa shape index (κ1) is 31.4. The van der Waals surface area contributed by atoms with Crippen LogP contribution in [0.5, 0.6) is 0 Å². The van der Waals surface area contributed by atoms with E-state index in [0.717, 1.165) is 0 Å². The lowest BCUT2D eigenvalue weighted by atomic mass is 9.71. The normalized spacial score (nSPS) is 49.6. The number of hydrogen-bond donors (Lipinski definition) is 10. The number of fused-ring (bicyclic) bond motifs is 1. The third kappa shape index (κ3) is 6.58. The molecule has 2 saturated carbocycles. The van der Waals surface area contributed by atoms with Crippen molar-refractivity contribution in [2.24, 2.45) is 11.8 Å². The van der Waals surface area contributed by atoms with Gasteiger partial charge in [0.05, 0.1) is 30.3 Å². The SMILES string of the molecule is O=C(O)CC(=O)OC[C@H]1O[C@@H](OC2CC3C(CC(O)C(O)C3O)[OH+]C2C2CC(O)C(O)C(O)C2)[C@H](O)[C@@H](O)[C@@H]1O. The number of hydrogen-bond acceptors (Lipinski definition) is 14. The van der Waals surface area contributed by atoms with Crippen molar-refractivity contribution in [2.45, 2.75) is 118 Å². The standard InChI is InChI=1S/C24H38O16/c25-9-1-7(2-10(26)18(9)32)23-13(3-8-12(38-23)4-11(27)19(33)17(8)31)39-24-22(36)21(35)20(34)14(40-24)6-37-16(30)5-15(28)29/h7-14,17-27,31-36H,1-6H2,(H,28,29)/p+1/t7?,8?,9?,10?,11?,12?,13?,14-,17?,18?,19?,20-,21+,22-,23?,24-/m1/s1. The highest BCUT2D eigenvalue weighted by Crippen LogP contribution is 2.42. The smallest absolute Gasteiger partial charge is 0.317 e. The summed E-state index contributed by atoms with van der Waals surface area (Å²) >= 11 is 0. The zero-order valence-electron chi connectivity index (χ0n) is 21.4. The molecule has 14 atom stereocenters. The highest BCUT2D eigenvalue weighted by molar-refractivity contribution is 5.90. The molecule has 16 heteroatoms. The molecule has 2 saturated heterocycles. The van der Waals surface area contributed by atoms with Crippen molar-refractivity contribution in [2.75, 3.05) is 6.61 Å². The molecule has 4 rings (SSSR count). The Morgan fingerprint density at radius 3 is 2.00 bits per heavy atom. The van der Waals surface area contributed by atoms with Crippen LogP contribution in [0.3, 0.4) is 0 Å². The molecule has 4 aliphatic rings. The first-order valence-corrected chi connectivity index (χ1v) is 13.3. The minimum atomic E-state index is -1.82. The number of carboxylic acids is 1. The molecule has 2 aliphatic heterocycles. The van der Waals surface area contributed by atoms with Gasteiger partial charge < -0.3 is 70.0 Å². The molecule has 9 unspecified atom stereocenters. The van der Waals surface area contributed by atoms with Gasteiger partial charge in [-0.2, -0.15) is 0 Å². The second-order valence-electron chi connectivity index (χ2n) is 11.2. The van der Waals surface area contributed by atoms with E-state index in [4.69, 9.17) is 24.1 Å². The van der Waals surface area contributed by atoms with Crippen molar-refractivity contribution >= 4 is 11.9 Å². The van der Waals surface area contributed by atoms with E-state index in [1.165, 1.54) is 0 Å². The van der Waals surface area contributed by atoms with E-state index in [-0.39, 0.29) is 25.7 Å². The van der Waals surface area contributed by atoms with Crippen molar-refractivity contribution in [3.63, 3.8) is 0 Å². The van der Waals surface area contributed by atoms with E-state index in [0.29, 0.717) is 0 Å². The maximum absolute atomic E-state index is 11.6. The zero-order valence-corrected chi connectivity index (χ0v) is 21.4. The average Bonchev–Trinajstić information content (AvgIpc) is 2.89. The molecule has 11 N–H and O–H groups in total. The summed E-state index contributed by atoms with van der Waals surface area (Å²) in [6.45, 7) is -0.665. The van der Waals surface area contributed by atoms with Crippen molar-refractivity contribution in [1.29, 1.82) is 0 Å². The number of esters is 1. The summed E-state index contributed by atoms with van der Waals surface area (Å²) in [7, 11) is 0. The summed E-state index contributed by atoms with van der Waals surface area (Å²) in [5.74, 6) is -3.80. The Hall–Kier alpha value is -1.54. The van der Waals surface area contributed by atoms with Gasteiger partial charge in [0.2, 0.25) is 0 Å². The maximum atomic E-state index is 11.6. The highest BCUT2D eigenvalue weighted by Gasteiger charge is 2.57. The quantitative estimate of drug-likeness (QED) is 0.0760. The molecule has 2 heterocycles. The van der Waals surface area contributed by atoms with Crippen LogP contribution in [0.2, 0.25) is 0 Å². The highest BCUT2D eigenvalue weighted by atomic mass is 16.7. The second-order valence-corrected chi connectivity index (χ2v) is 11.2. The molecule has 2 aliphatic carbocycles. The number of carboxylic acid groups (broad SMARTS) is 1. The van der Waals surface area contributed by atoms with Gasteiger partial charge in [-0.1, -0.05) is 0 Å². The van der Waals surface area contributed by atoms with Crippen LogP contribution >= 0.6 is 0 Å². The summed E-state index contributed by atoms with van der Waals surface area (Å²) < 4.78 is 21.2. The molecular formula is C24H39O16+. The number of carbonyl (C=O) groups is 2. The topological polar surface area (TPSA) is 277 Å². The van der Waals surface area contributed by atoms with Gasteiger partial charge in [0.1, 0.15) is 55.8 Å². The third-order valence-electron chi connectivity index (χ3n) is 8.45. The van der Waals surface area contributed by atoms with Crippen LogP contribution in [0.25, 0.3) is 0 Å². The lowest BCUT2D eigenvalue weighted by molar-refractivity contribution is -0.361. The van der Waals surface area contributed by atoms with Gasteiger partial charge in [-0.3, -0.25) is 9.59 Å². The molecule has 0 aromatic carbocycles. The molecule has 0 amide bonds. The van der Waals surface area contributed by atoms with E-state index >= 15 is 0 Å². The lowest BCUT2D eigenvalue weighted by Gasteiger charge is -2.49. The van der Waals surface area contributed by atoms with E-state index in [1.807, 2.05) is 0 Å². The molecule has 0 spiro atoms. The van der Waals surface area contributed by atoms with Gasteiger partial charge in [-0.25, -0.2) is 0 Å². The monoisotopic (exact) mass is 583 g/mol. The molecule has 230 valence electrons. The van der Waals surface area contributed by atoms with E-state index in [9.17, 15) is 55.5 Å². The van der Waals surface area contributed by atoms with Crippen LogP contribution in [0.1, 0.15) is 32.1 Å². The van der Waals surface area contributed by atoms with Gasteiger partial charge in [0.25, 0.3) is 0 Å². The van der Waals surface area contributed by atoms with E-state index in [2.05, 4.69) is 0 Å². The van der Waals surface area contributed by atoms with Crippen LogP contribution in [-0.4, -0.2) is 160 Å². The fourth-order valence-corrected chi connectivity index (χ4v) is 6.24. The van der Waals surface area contributed by atoms with Crippen LogP contribution in [0, 0.1) is 11.8 Å². The Kier molecular flexibility index (Phi) is 10.0. The first-order chi connectivity index (χ1) is 18.8. The van der Waals surface area contributed by atoms with E-state index < -0.39 is 122 Å². The van der Waals surface area contributed by atoms with E-state index in [1.54, 1.807) is 0 Å². The van der Waals surface area contributed by atoms with Gasteiger partial charge in [-0.15, -0.1) is 0 Å². The molecule has 0 radical (unpaired) electrons. The Balaban J connectivity index is 1.53. The zero-order chi connectivity index (χ0) is 29.5. The molecule has 0 bridgehead atoms. The fraction of sp³-hybridized carbons (Fsp3) is 0.917. The van der Waals surface area contributed by atoms with Gasteiger partial charge in [-0.05, 0) is 19.3 Å². The summed E-state index contributed by atoms with van der Waals surface area (Å²) in [4.78, 5) is 22.3. The Morgan fingerprint density at radius 1 is 0.750 bits per heavy atom. The van der Waals surface area contributed by atoms with Crippen molar-refractivity contribution in [3.8, 4) is 0 Å². The Morgan fingerprint density at radius 2 is 1.38 bits per heavy atom. The van der Waals surface area contributed by atoms with Crippen molar-refractivity contribution < 1.29 is 79.6 Å². The molecule has 40 heavy (non-hydrogen) atoms. The number of aliphatic hydroxyl groups is 11. The molecule has 16 nitrogen and oxygen atoms in total. The predicted molar refractivity (Wildman–Crippen MR) is 126 cm³/mol. The summed E-state index contributed by atoms with van der Waals surface area (Å²) in [6, 6.07) is 0. The first-order valence-electron chi connectivity index (χ1n) is 13.3. The van der Waals surface area contributed by atoms with Crippen molar-refractivity contribution in [1.82, 2.24) is 0 Å². The van der Waals surface area contributed by atoms with Crippen LogP contribution in [0.15, 0.2) is 0 Å². The van der Waals surface area contributed by atoms with Gasteiger partial charge >= 0.3 is 11.9 Å². The predicted octanol–water partition coefficient (Wildman–Crippen LogP) is -5.54. The summed E-state index contributed by atoms with van der Waals surface area (Å²) in [5, 5.41) is 102. The third-order valence-corrected chi connectivity index (χ3v) is 8.45. The number of aliphatic carboxylic acids is 1. The minimum Gasteiger partial charge on any atom is -0.481 e.